The SMILES string of the molecule is O=C[C@H](O)[C@@](O)([C@@H](O)[C@H](O)CO)n1ccnn1. The molecule has 96 valence electrons. The molecule has 0 aliphatic rings. The first-order valence-corrected chi connectivity index (χ1v) is 4.68. The molecule has 0 radical (unpaired) electrons. The lowest BCUT2D eigenvalue weighted by Crippen LogP contribution is -2.59. The predicted molar refractivity (Wildman–Crippen MR) is 51.4 cm³/mol. The zero-order valence-corrected chi connectivity index (χ0v) is 8.66. The van der Waals surface area contributed by atoms with Crippen molar-refractivity contribution in [2.75, 3.05) is 6.61 Å². The van der Waals surface area contributed by atoms with Crippen LogP contribution in [0.25, 0.3) is 0 Å². The Bertz CT molecular complexity index is 358. The molecule has 0 saturated heterocycles. The first-order valence-electron chi connectivity index (χ1n) is 4.68. The molecule has 1 aromatic heterocycles. The van der Waals surface area contributed by atoms with Crippen molar-refractivity contribution in [3.8, 4) is 0 Å². The minimum Gasteiger partial charge on any atom is -0.394 e. The number of aldehydes is 1. The van der Waals surface area contributed by atoms with Crippen molar-refractivity contribution in [2.45, 2.75) is 24.0 Å². The number of carbonyl (C=O) groups is 1. The topological polar surface area (TPSA) is 149 Å². The third-order valence-corrected chi connectivity index (χ3v) is 2.34. The lowest BCUT2D eigenvalue weighted by atomic mass is 9.96. The molecule has 0 aliphatic carbocycles. The molecule has 0 aromatic carbocycles. The fraction of sp³-hybridized carbons (Fsp3) is 0.625. The van der Waals surface area contributed by atoms with Crippen molar-refractivity contribution in [1.29, 1.82) is 0 Å². The molecule has 0 spiro atoms. The van der Waals surface area contributed by atoms with Gasteiger partial charge in [0.2, 0.25) is 5.72 Å². The highest BCUT2D eigenvalue weighted by Gasteiger charge is 2.48. The Balaban J connectivity index is 3.15. The van der Waals surface area contributed by atoms with Gasteiger partial charge in [-0.05, 0) is 0 Å². The molecule has 17 heavy (non-hydrogen) atoms. The normalized spacial score (nSPS) is 20.3. The number of hydrogen-bond acceptors (Lipinski definition) is 8. The van der Waals surface area contributed by atoms with Crippen LogP contribution in [0.5, 0.6) is 0 Å². The molecule has 0 unspecified atom stereocenters. The van der Waals surface area contributed by atoms with Crippen LogP contribution in [0.2, 0.25) is 0 Å². The van der Waals surface area contributed by atoms with Crippen LogP contribution in [-0.2, 0) is 10.5 Å². The van der Waals surface area contributed by atoms with Crippen LogP contribution >= 0.6 is 0 Å². The molecule has 0 fully saturated rings. The first-order chi connectivity index (χ1) is 7.98. The number of carbonyl (C=O) groups excluding carboxylic acids is 1. The Labute approximate surface area is 95.5 Å². The molecule has 0 bridgehead atoms. The minimum absolute atomic E-state index is 0.0327. The van der Waals surface area contributed by atoms with Gasteiger partial charge in [-0.3, -0.25) is 0 Å². The Hall–Kier alpha value is -1.39. The summed E-state index contributed by atoms with van der Waals surface area (Å²) >= 11 is 0. The van der Waals surface area contributed by atoms with Crippen molar-refractivity contribution < 1.29 is 30.3 Å². The van der Waals surface area contributed by atoms with Crippen LogP contribution in [0.1, 0.15) is 0 Å². The average Bonchev–Trinajstić information content (AvgIpc) is 2.88. The lowest BCUT2D eigenvalue weighted by Gasteiger charge is -2.35. The standard InChI is InChI=1S/C8H13N3O6/c12-3-5(14)7(16)8(17,6(15)4-13)11-2-1-9-10-11/h1-2,4-7,12,14-17H,3H2/t5-,6+,7+,8-/m1/s1. The van der Waals surface area contributed by atoms with E-state index in [0.29, 0.717) is 4.68 Å². The van der Waals surface area contributed by atoms with Gasteiger partial charge in [-0.1, -0.05) is 5.21 Å². The Morgan fingerprint density at radius 3 is 2.47 bits per heavy atom. The molecule has 1 aromatic rings. The van der Waals surface area contributed by atoms with Gasteiger partial charge in [0.05, 0.1) is 12.8 Å². The molecule has 9 heteroatoms. The van der Waals surface area contributed by atoms with Gasteiger partial charge in [0.15, 0.2) is 12.4 Å². The molecule has 9 nitrogen and oxygen atoms in total. The van der Waals surface area contributed by atoms with Gasteiger partial charge in [0.1, 0.15) is 12.2 Å². The second-order valence-corrected chi connectivity index (χ2v) is 3.41. The van der Waals surface area contributed by atoms with Crippen LogP contribution in [0.4, 0.5) is 0 Å². The maximum absolute atomic E-state index is 10.5. The van der Waals surface area contributed by atoms with Gasteiger partial charge >= 0.3 is 0 Å². The summed E-state index contributed by atoms with van der Waals surface area (Å²) in [7, 11) is 0. The number of rotatable bonds is 6. The second kappa shape index (κ2) is 5.29. The highest BCUT2D eigenvalue weighted by atomic mass is 16.4. The van der Waals surface area contributed by atoms with Crippen LogP contribution in [0.3, 0.4) is 0 Å². The van der Waals surface area contributed by atoms with Gasteiger partial charge in [-0.2, -0.15) is 0 Å². The first kappa shape index (κ1) is 13.7. The lowest BCUT2D eigenvalue weighted by molar-refractivity contribution is -0.227. The van der Waals surface area contributed by atoms with Crippen molar-refractivity contribution in [1.82, 2.24) is 15.0 Å². The number of aliphatic hydroxyl groups excluding tert-OH is 4. The van der Waals surface area contributed by atoms with Gasteiger partial charge in [-0.25, -0.2) is 4.68 Å². The number of nitrogens with zero attached hydrogens (tertiary/aromatic N) is 3. The van der Waals surface area contributed by atoms with E-state index < -0.39 is 30.6 Å². The van der Waals surface area contributed by atoms with Crippen molar-refractivity contribution in [2.24, 2.45) is 0 Å². The third-order valence-electron chi connectivity index (χ3n) is 2.34. The maximum atomic E-state index is 10.5. The van der Waals surface area contributed by atoms with E-state index in [2.05, 4.69) is 10.3 Å². The molecular formula is C8H13N3O6. The van der Waals surface area contributed by atoms with Crippen LogP contribution in [0.15, 0.2) is 12.4 Å². The fourth-order valence-electron chi connectivity index (χ4n) is 1.33. The van der Waals surface area contributed by atoms with Crippen molar-refractivity contribution in [3.63, 3.8) is 0 Å². The maximum Gasteiger partial charge on any atom is 0.221 e. The molecule has 4 atom stereocenters. The average molecular weight is 247 g/mol. The van der Waals surface area contributed by atoms with E-state index in [1.54, 1.807) is 0 Å². The van der Waals surface area contributed by atoms with E-state index in [4.69, 9.17) is 5.11 Å². The summed E-state index contributed by atoms with van der Waals surface area (Å²) in [6, 6.07) is 0. The highest BCUT2D eigenvalue weighted by molar-refractivity contribution is 5.57. The smallest absolute Gasteiger partial charge is 0.221 e. The summed E-state index contributed by atoms with van der Waals surface area (Å²) < 4.78 is 0.621. The van der Waals surface area contributed by atoms with E-state index in [1.165, 1.54) is 0 Å². The molecule has 1 rings (SSSR count). The van der Waals surface area contributed by atoms with E-state index in [9.17, 15) is 25.2 Å². The number of aliphatic hydroxyl groups is 5. The van der Waals surface area contributed by atoms with E-state index >= 15 is 0 Å². The zero-order valence-electron chi connectivity index (χ0n) is 8.66. The molecule has 5 N–H and O–H groups in total. The summed E-state index contributed by atoms with van der Waals surface area (Å²) in [6.45, 7) is -0.871. The molecular weight excluding hydrogens is 234 g/mol. The molecule has 0 saturated carbocycles. The number of hydrogen-bond donors (Lipinski definition) is 5. The quantitative estimate of drug-likeness (QED) is 0.321. The zero-order chi connectivity index (χ0) is 13.1. The minimum atomic E-state index is -2.61. The summed E-state index contributed by atoms with van der Waals surface area (Å²) in [5.74, 6) is 0. The number of aromatic nitrogens is 3. The summed E-state index contributed by atoms with van der Waals surface area (Å²) in [6.07, 6.45) is -3.66. The Morgan fingerprint density at radius 1 is 1.41 bits per heavy atom. The van der Waals surface area contributed by atoms with E-state index in [0.717, 1.165) is 12.4 Å². The largest absolute Gasteiger partial charge is 0.394 e. The summed E-state index contributed by atoms with van der Waals surface area (Å²) in [5, 5.41) is 53.7. The van der Waals surface area contributed by atoms with Gasteiger partial charge in [0, 0.05) is 6.20 Å². The summed E-state index contributed by atoms with van der Waals surface area (Å²) in [4.78, 5) is 10.5. The van der Waals surface area contributed by atoms with E-state index in [1.807, 2.05) is 0 Å². The van der Waals surface area contributed by atoms with Gasteiger partial charge in [0.25, 0.3) is 0 Å². The molecule has 0 aliphatic heterocycles. The summed E-state index contributed by atoms with van der Waals surface area (Å²) in [5.41, 5.74) is -2.61. The van der Waals surface area contributed by atoms with Crippen LogP contribution in [-0.4, -0.2) is 71.7 Å². The monoisotopic (exact) mass is 247 g/mol. The highest BCUT2D eigenvalue weighted by Crippen LogP contribution is 2.23. The van der Waals surface area contributed by atoms with Crippen LogP contribution < -0.4 is 0 Å². The van der Waals surface area contributed by atoms with Crippen LogP contribution in [0, 0.1) is 0 Å². The molecule has 1 heterocycles. The van der Waals surface area contributed by atoms with Crippen molar-refractivity contribution >= 4 is 6.29 Å². The molecule has 0 amide bonds. The van der Waals surface area contributed by atoms with Crippen molar-refractivity contribution in [3.05, 3.63) is 12.4 Å². The Morgan fingerprint density at radius 2 is 2.06 bits per heavy atom. The fourth-order valence-corrected chi connectivity index (χ4v) is 1.33. The van der Waals surface area contributed by atoms with E-state index in [-0.39, 0.29) is 6.29 Å². The predicted octanol–water partition coefficient (Wildman–Crippen LogP) is -3.80. The third kappa shape index (κ3) is 2.33. The van der Waals surface area contributed by atoms with Gasteiger partial charge in [-0.15, -0.1) is 5.10 Å². The van der Waals surface area contributed by atoms with Gasteiger partial charge < -0.3 is 30.3 Å². The Kier molecular flexibility index (Phi) is 4.26. The second-order valence-electron chi connectivity index (χ2n) is 3.41.